The van der Waals surface area contributed by atoms with E-state index in [-0.39, 0.29) is 24.4 Å². The molecule has 2 aliphatic rings. The Bertz CT molecular complexity index is 457. The standard InChI is InChI=1S/C17H24N2O2.ClH/c20-17(13-18-12-14-6-7-14)19-10-8-16(9-11-19)21-15-4-2-1-3-5-15;/h1-5,14,16,18H,6-13H2;1H. The second-order valence-corrected chi connectivity index (χ2v) is 6.09. The molecule has 0 unspecified atom stereocenters. The molecule has 1 saturated carbocycles. The highest BCUT2D eigenvalue weighted by atomic mass is 35.5. The number of benzene rings is 1. The van der Waals surface area contributed by atoms with Gasteiger partial charge in [0.2, 0.25) is 5.91 Å². The molecule has 1 heterocycles. The monoisotopic (exact) mass is 324 g/mol. The molecule has 1 aliphatic heterocycles. The number of hydrogen-bond acceptors (Lipinski definition) is 3. The summed E-state index contributed by atoms with van der Waals surface area (Å²) < 4.78 is 5.95. The van der Waals surface area contributed by atoms with Gasteiger partial charge in [-0.05, 0) is 37.4 Å². The van der Waals surface area contributed by atoms with E-state index in [0.717, 1.165) is 44.1 Å². The second-order valence-electron chi connectivity index (χ2n) is 6.09. The SMILES string of the molecule is Cl.O=C(CNCC1CC1)N1CCC(Oc2ccccc2)CC1. The van der Waals surface area contributed by atoms with Gasteiger partial charge < -0.3 is 15.0 Å². The van der Waals surface area contributed by atoms with Crippen LogP contribution >= 0.6 is 12.4 Å². The third-order valence-electron chi connectivity index (χ3n) is 4.25. The average molecular weight is 325 g/mol. The molecule has 1 N–H and O–H groups in total. The minimum absolute atomic E-state index is 0. The van der Waals surface area contributed by atoms with Crippen molar-refractivity contribution in [3.8, 4) is 5.75 Å². The maximum Gasteiger partial charge on any atom is 0.236 e. The van der Waals surface area contributed by atoms with Crippen LogP contribution in [-0.4, -0.2) is 43.1 Å². The van der Waals surface area contributed by atoms with Crippen molar-refractivity contribution < 1.29 is 9.53 Å². The number of piperidine rings is 1. The van der Waals surface area contributed by atoms with E-state index in [1.54, 1.807) is 0 Å². The molecule has 1 aromatic rings. The Morgan fingerprint density at radius 2 is 1.82 bits per heavy atom. The van der Waals surface area contributed by atoms with Crippen LogP contribution in [0.25, 0.3) is 0 Å². The molecule has 3 rings (SSSR count). The summed E-state index contributed by atoms with van der Waals surface area (Å²) in [6, 6.07) is 9.93. The summed E-state index contributed by atoms with van der Waals surface area (Å²) in [4.78, 5) is 14.1. The molecule has 0 spiro atoms. The van der Waals surface area contributed by atoms with Crippen molar-refractivity contribution in [2.24, 2.45) is 5.92 Å². The highest BCUT2D eigenvalue weighted by Gasteiger charge is 2.25. The van der Waals surface area contributed by atoms with Gasteiger partial charge in [0, 0.05) is 25.9 Å². The Hall–Kier alpha value is -1.26. The number of nitrogens with one attached hydrogen (secondary N) is 1. The molecular formula is C17H25ClN2O2. The Kier molecular flexibility index (Phi) is 6.52. The summed E-state index contributed by atoms with van der Waals surface area (Å²) in [7, 11) is 0. The van der Waals surface area contributed by atoms with Gasteiger partial charge in [-0.15, -0.1) is 12.4 Å². The van der Waals surface area contributed by atoms with Crippen molar-refractivity contribution in [3.05, 3.63) is 30.3 Å². The smallest absolute Gasteiger partial charge is 0.236 e. The Morgan fingerprint density at radius 1 is 1.14 bits per heavy atom. The van der Waals surface area contributed by atoms with Crippen LogP contribution in [0.15, 0.2) is 30.3 Å². The molecule has 0 atom stereocenters. The number of rotatable bonds is 6. The minimum Gasteiger partial charge on any atom is -0.490 e. The molecular weight excluding hydrogens is 300 g/mol. The van der Waals surface area contributed by atoms with Crippen molar-refractivity contribution in [1.29, 1.82) is 0 Å². The highest BCUT2D eigenvalue weighted by Crippen LogP contribution is 2.27. The molecule has 2 fully saturated rings. The van der Waals surface area contributed by atoms with Crippen molar-refractivity contribution in [2.75, 3.05) is 26.2 Å². The van der Waals surface area contributed by atoms with Gasteiger partial charge in [-0.25, -0.2) is 0 Å². The molecule has 22 heavy (non-hydrogen) atoms. The quantitative estimate of drug-likeness (QED) is 0.874. The van der Waals surface area contributed by atoms with E-state index in [1.165, 1.54) is 12.8 Å². The Labute approximate surface area is 138 Å². The van der Waals surface area contributed by atoms with Crippen LogP contribution in [0.3, 0.4) is 0 Å². The molecule has 0 bridgehead atoms. The van der Waals surface area contributed by atoms with Gasteiger partial charge in [0.1, 0.15) is 11.9 Å². The van der Waals surface area contributed by atoms with Crippen LogP contribution in [0, 0.1) is 5.92 Å². The molecule has 122 valence electrons. The van der Waals surface area contributed by atoms with Gasteiger partial charge in [0.15, 0.2) is 0 Å². The van der Waals surface area contributed by atoms with Crippen molar-refractivity contribution in [3.63, 3.8) is 0 Å². The van der Waals surface area contributed by atoms with E-state index in [4.69, 9.17) is 4.74 Å². The van der Waals surface area contributed by atoms with Crippen LogP contribution in [0.2, 0.25) is 0 Å². The number of likely N-dealkylation sites (tertiary alicyclic amines) is 1. The van der Waals surface area contributed by atoms with E-state index < -0.39 is 0 Å². The van der Waals surface area contributed by atoms with E-state index in [0.29, 0.717) is 6.54 Å². The molecule has 0 radical (unpaired) electrons. The lowest BCUT2D eigenvalue weighted by molar-refractivity contribution is -0.132. The van der Waals surface area contributed by atoms with Gasteiger partial charge in [-0.3, -0.25) is 4.79 Å². The van der Waals surface area contributed by atoms with E-state index in [9.17, 15) is 4.79 Å². The number of halogens is 1. The summed E-state index contributed by atoms with van der Waals surface area (Å²) in [6.45, 7) is 3.10. The highest BCUT2D eigenvalue weighted by molar-refractivity contribution is 5.85. The van der Waals surface area contributed by atoms with Gasteiger partial charge in [0.25, 0.3) is 0 Å². The first-order chi connectivity index (χ1) is 10.3. The largest absolute Gasteiger partial charge is 0.490 e. The number of para-hydroxylation sites is 1. The molecule has 0 aromatic heterocycles. The number of ether oxygens (including phenoxy) is 1. The van der Waals surface area contributed by atoms with Gasteiger partial charge in [-0.1, -0.05) is 18.2 Å². The number of hydrogen-bond donors (Lipinski definition) is 1. The number of carbonyl (C=O) groups is 1. The van der Waals surface area contributed by atoms with E-state index in [2.05, 4.69) is 5.32 Å². The fraction of sp³-hybridized carbons (Fsp3) is 0.588. The first-order valence-electron chi connectivity index (χ1n) is 8.01. The van der Waals surface area contributed by atoms with Gasteiger partial charge in [-0.2, -0.15) is 0 Å². The molecule has 1 saturated heterocycles. The van der Waals surface area contributed by atoms with E-state index in [1.807, 2.05) is 35.2 Å². The molecule has 1 aromatic carbocycles. The molecule has 5 heteroatoms. The van der Waals surface area contributed by atoms with Crippen molar-refractivity contribution in [2.45, 2.75) is 31.8 Å². The zero-order valence-corrected chi connectivity index (χ0v) is 13.7. The lowest BCUT2D eigenvalue weighted by Gasteiger charge is -2.32. The Morgan fingerprint density at radius 3 is 2.45 bits per heavy atom. The van der Waals surface area contributed by atoms with Gasteiger partial charge >= 0.3 is 0 Å². The third-order valence-corrected chi connectivity index (χ3v) is 4.25. The number of carbonyl (C=O) groups excluding carboxylic acids is 1. The first kappa shape index (κ1) is 17.1. The first-order valence-corrected chi connectivity index (χ1v) is 8.01. The normalized spacial score (nSPS) is 18.6. The lowest BCUT2D eigenvalue weighted by Crippen LogP contribution is -2.45. The Balaban J connectivity index is 0.00000176. The zero-order valence-electron chi connectivity index (χ0n) is 12.9. The topological polar surface area (TPSA) is 41.6 Å². The fourth-order valence-corrected chi connectivity index (χ4v) is 2.73. The predicted molar refractivity (Wildman–Crippen MR) is 89.5 cm³/mol. The summed E-state index contributed by atoms with van der Waals surface area (Å²) in [6.07, 6.45) is 4.72. The maximum absolute atomic E-state index is 12.1. The average Bonchev–Trinajstić information content (AvgIpc) is 3.33. The number of amides is 1. The minimum atomic E-state index is 0. The molecule has 1 amide bonds. The van der Waals surface area contributed by atoms with Gasteiger partial charge in [0.05, 0.1) is 6.54 Å². The summed E-state index contributed by atoms with van der Waals surface area (Å²) in [5.41, 5.74) is 0. The van der Waals surface area contributed by atoms with Crippen LogP contribution in [0.1, 0.15) is 25.7 Å². The van der Waals surface area contributed by atoms with Crippen LogP contribution in [0.5, 0.6) is 5.75 Å². The van der Waals surface area contributed by atoms with Crippen LogP contribution in [-0.2, 0) is 4.79 Å². The second kappa shape index (κ2) is 8.39. The lowest BCUT2D eigenvalue weighted by atomic mass is 10.1. The summed E-state index contributed by atoms with van der Waals surface area (Å²) >= 11 is 0. The zero-order chi connectivity index (χ0) is 14.5. The summed E-state index contributed by atoms with van der Waals surface area (Å²) in [5, 5.41) is 3.27. The molecule has 1 aliphatic carbocycles. The van der Waals surface area contributed by atoms with Crippen molar-refractivity contribution >= 4 is 18.3 Å². The van der Waals surface area contributed by atoms with Crippen LogP contribution < -0.4 is 10.1 Å². The summed E-state index contributed by atoms with van der Waals surface area (Å²) in [5.74, 6) is 1.98. The molecule has 4 nitrogen and oxygen atoms in total. The van der Waals surface area contributed by atoms with E-state index >= 15 is 0 Å². The predicted octanol–water partition coefficient (Wildman–Crippen LogP) is 2.48. The maximum atomic E-state index is 12.1. The van der Waals surface area contributed by atoms with Crippen LogP contribution in [0.4, 0.5) is 0 Å². The fourth-order valence-electron chi connectivity index (χ4n) is 2.73. The van der Waals surface area contributed by atoms with Crippen molar-refractivity contribution in [1.82, 2.24) is 10.2 Å². The number of nitrogens with zero attached hydrogens (tertiary/aromatic N) is 1. The third kappa shape index (κ3) is 5.18.